The number of halogens is 1. The Labute approximate surface area is 111 Å². The van der Waals surface area contributed by atoms with E-state index in [4.69, 9.17) is 0 Å². The summed E-state index contributed by atoms with van der Waals surface area (Å²) >= 11 is 4.91. The molecule has 4 heteroatoms. The molecule has 2 nitrogen and oxygen atoms in total. The van der Waals surface area contributed by atoms with Crippen LogP contribution >= 0.6 is 27.3 Å². The second-order valence-electron chi connectivity index (χ2n) is 3.42. The maximum Gasteiger partial charge on any atom is 0.186 e. The van der Waals surface area contributed by atoms with Crippen molar-refractivity contribution >= 4 is 39.1 Å². The predicted octanol–water partition coefficient (Wildman–Crippen LogP) is 4.11. The third-order valence-corrected chi connectivity index (χ3v) is 3.78. The highest BCUT2D eigenvalue weighted by molar-refractivity contribution is 9.10. The Bertz CT molecular complexity index is 572. The molecule has 0 unspecified atom stereocenters. The van der Waals surface area contributed by atoms with Gasteiger partial charge in [-0.3, -0.25) is 4.79 Å². The van der Waals surface area contributed by atoms with Crippen LogP contribution < -0.4 is 0 Å². The van der Waals surface area contributed by atoms with Crippen LogP contribution in [0.1, 0.15) is 15.2 Å². The Morgan fingerprint density at radius 2 is 2.18 bits per heavy atom. The fraction of sp³-hybridized carbons (Fsp3) is 0. The summed E-state index contributed by atoms with van der Waals surface area (Å²) < 4.78 is 1.01. The lowest BCUT2D eigenvalue weighted by atomic mass is 10.1. The highest BCUT2D eigenvalue weighted by Gasteiger charge is 2.02. The summed E-state index contributed by atoms with van der Waals surface area (Å²) in [5.74, 6) is -0.0199. The van der Waals surface area contributed by atoms with Crippen molar-refractivity contribution in [1.29, 1.82) is 0 Å². The Hall–Kier alpha value is -1.39. The number of benzene rings is 1. The van der Waals surface area contributed by atoms with E-state index in [2.05, 4.69) is 15.9 Å². The van der Waals surface area contributed by atoms with Crippen molar-refractivity contribution in [1.82, 2.24) is 0 Å². The van der Waals surface area contributed by atoms with E-state index in [9.17, 15) is 9.90 Å². The van der Waals surface area contributed by atoms with Crippen LogP contribution in [-0.4, -0.2) is 10.9 Å². The predicted molar refractivity (Wildman–Crippen MR) is 73.5 cm³/mol. The zero-order valence-electron chi connectivity index (χ0n) is 8.76. The minimum atomic E-state index is -0.120. The van der Waals surface area contributed by atoms with Gasteiger partial charge in [-0.1, -0.05) is 12.1 Å². The third kappa shape index (κ3) is 3.28. The normalized spacial score (nSPS) is 10.9. The summed E-state index contributed by atoms with van der Waals surface area (Å²) in [7, 11) is 0. The molecule has 2 rings (SSSR count). The first-order chi connectivity index (χ1) is 8.15. The largest absolute Gasteiger partial charge is 0.508 e. The van der Waals surface area contributed by atoms with Gasteiger partial charge in [0.15, 0.2) is 5.78 Å². The van der Waals surface area contributed by atoms with Gasteiger partial charge in [-0.2, -0.15) is 0 Å². The molecule has 0 radical (unpaired) electrons. The van der Waals surface area contributed by atoms with Crippen molar-refractivity contribution in [3.8, 4) is 5.75 Å². The van der Waals surface area contributed by atoms with Crippen LogP contribution in [0.2, 0.25) is 0 Å². The number of carbonyl (C=O) groups excluding carboxylic acids is 1. The molecule has 1 aromatic heterocycles. The van der Waals surface area contributed by atoms with Crippen LogP contribution in [-0.2, 0) is 0 Å². The van der Waals surface area contributed by atoms with Gasteiger partial charge < -0.3 is 5.11 Å². The van der Waals surface area contributed by atoms with Crippen molar-refractivity contribution in [2.75, 3.05) is 0 Å². The number of phenolic OH excluding ortho intramolecular Hbond substituents is 1. The molecule has 0 spiro atoms. The average Bonchev–Trinajstić information content (AvgIpc) is 2.72. The SMILES string of the molecule is O=C(/C=C/c1cc(Br)cs1)c1cccc(O)c1. The number of allylic oxidation sites excluding steroid dienone is 1. The second kappa shape index (κ2) is 5.29. The molecule has 2 aromatic rings. The summed E-state index contributed by atoms with van der Waals surface area (Å²) in [5, 5.41) is 11.2. The smallest absolute Gasteiger partial charge is 0.186 e. The van der Waals surface area contributed by atoms with Gasteiger partial charge in [-0.05, 0) is 46.3 Å². The second-order valence-corrected chi connectivity index (χ2v) is 5.27. The zero-order chi connectivity index (χ0) is 12.3. The van der Waals surface area contributed by atoms with E-state index in [1.807, 2.05) is 11.4 Å². The lowest BCUT2D eigenvalue weighted by Gasteiger charge is -1.96. The molecule has 0 atom stereocenters. The third-order valence-electron chi connectivity index (χ3n) is 2.12. The molecule has 86 valence electrons. The lowest BCUT2D eigenvalue weighted by molar-refractivity contribution is 0.104. The molecule has 0 saturated heterocycles. The zero-order valence-corrected chi connectivity index (χ0v) is 11.2. The molecular formula is C13H9BrO2S. The first-order valence-electron chi connectivity index (χ1n) is 4.90. The minimum absolute atomic E-state index is 0.100. The molecule has 0 amide bonds. The van der Waals surface area contributed by atoms with Crippen LogP contribution in [0.5, 0.6) is 5.75 Å². The number of ketones is 1. The fourth-order valence-corrected chi connectivity index (χ4v) is 2.67. The van der Waals surface area contributed by atoms with Gasteiger partial charge in [-0.15, -0.1) is 11.3 Å². The van der Waals surface area contributed by atoms with Crippen LogP contribution in [0.25, 0.3) is 6.08 Å². The minimum Gasteiger partial charge on any atom is -0.508 e. The van der Waals surface area contributed by atoms with Gasteiger partial charge in [0, 0.05) is 20.3 Å². The Kier molecular flexibility index (Phi) is 3.76. The molecule has 1 aromatic carbocycles. The van der Waals surface area contributed by atoms with Gasteiger partial charge in [-0.25, -0.2) is 0 Å². The van der Waals surface area contributed by atoms with Gasteiger partial charge in [0.25, 0.3) is 0 Å². The van der Waals surface area contributed by atoms with Gasteiger partial charge >= 0.3 is 0 Å². The van der Waals surface area contributed by atoms with Crippen molar-refractivity contribution in [3.63, 3.8) is 0 Å². The maximum absolute atomic E-state index is 11.8. The molecule has 1 N–H and O–H groups in total. The highest BCUT2D eigenvalue weighted by Crippen LogP contribution is 2.21. The quantitative estimate of drug-likeness (QED) is 0.684. The van der Waals surface area contributed by atoms with Crippen molar-refractivity contribution in [2.24, 2.45) is 0 Å². The van der Waals surface area contributed by atoms with E-state index in [0.717, 1.165) is 9.35 Å². The molecule has 0 bridgehead atoms. The Morgan fingerprint density at radius 1 is 1.35 bits per heavy atom. The first-order valence-corrected chi connectivity index (χ1v) is 6.58. The Morgan fingerprint density at radius 3 is 2.82 bits per heavy atom. The monoisotopic (exact) mass is 308 g/mol. The average molecular weight is 309 g/mol. The number of carbonyl (C=O) groups is 1. The first kappa shape index (κ1) is 12.1. The molecule has 0 aliphatic heterocycles. The highest BCUT2D eigenvalue weighted by atomic mass is 79.9. The number of hydrogen-bond donors (Lipinski definition) is 1. The summed E-state index contributed by atoms with van der Waals surface area (Å²) in [5.41, 5.74) is 0.483. The standard InChI is InChI=1S/C13H9BrO2S/c14-10-7-12(17-8-10)4-5-13(16)9-2-1-3-11(15)6-9/h1-8,15H/b5-4+. The van der Waals surface area contributed by atoms with E-state index < -0.39 is 0 Å². The van der Waals surface area contributed by atoms with Gasteiger partial charge in [0.2, 0.25) is 0 Å². The van der Waals surface area contributed by atoms with Crippen LogP contribution in [0.4, 0.5) is 0 Å². The van der Waals surface area contributed by atoms with E-state index >= 15 is 0 Å². The van der Waals surface area contributed by atoms with Gasteiger partial charge in [0.1, 0.15) is 5.75 Å². The van der Waals surface area contributed by atoms with Crippen molar-refractivity contribution in [3.05, 3.63) is 56.7 Å². The summed E-state index contributed by atoms with van der Waals surface area (Å²) in [4.78, 5) is 12.8. The fourth-order valence-electron chi connectivity index (χ4n) is 1.33. The molecule has 0 aliphatic carbocycles. The van der Waals surface area contributed by atoms with Crippen molar-refractivity contribution < 1.29 is 9.90 Å². The number of hydrogen-bond acceptors (Lipinski definition) is 3. The number of thiophene rings is 1. The van der Waals surface area contributed by atoms with Crippen LogP contribution in [0.15, 0.2) is 46.3 Å². The van der Waals surface area contributed by atoms with E-state index in [1.54, 1.807) is 29.5 Å². The molecule has 0 saturated carbocycles. The molecule has 17 heavy (non-hydrogen) atoms. The van der Waals surface area contributed by atoms with E-state index in [-0.39, 0.29) is 11.5 Å². The maximum atomic E-state index is 11.8. The number of rotatable bonds is 3. The Balaban J connectivity index is 2.14. The molecular weight excluding hydrogens is 300 g/mol. The number of phenols is 1. The van der Waals surface area contributed by atoms with E-state index in [0.29, 0.717) is 5.56 Å². The molecule has 0 aliphatic rings. The van der Waals surface area contributed by atoms with Crippen LogP contribution in [0.3, 0.4) is 0 Å². The summed E-state index contributed by atoms with van der Waals surface area (Å²) in [6, 6.07) is 8.26. The van der Waals surface area contributed by atoms with Crippen molar-refractivity contribution in [2.45, 2.75) is 0 Å². The lowest BCUT2D eigenvalue weighted by Crippen LogP contribution is -1.92. The summed E-state index contributed by atoms with van der Waals surface area (Å²) in [6.07, 6.45) is 3.27. The van der Waals surface area contributed by atoms with Crippen LogP contribution in [0, 0.1) is 0 Å². The number of aromatic hydroxyl groups is 1. The van der Waals surface area contributed by atoms with Gasteiger partial charge in [0.05, 0.1) is 0 Å². The van der Waals surface area contributed by atoms with E-state index in [1.165, 1.54) is 18.2 Å². The summed E-state index contributed by atoms with van der Waals surface area (Å²) in [6.45, 7) is 0. The topological polar surface area (TPSA) is 37.3 Å². The molecule has 1 heterocycles. The molecule has 0 fully saturated rings.